The molecule has 212 valence electrons. The van der Waals surface area contributed by atoms with Gasteiger partial charge in [-0.3, -0.25) is 14.4 Å². The van der Waals surface area contributed by atoms with Gasteiger partial charge < -0.3 is 19.6 Å². The third kappa shape index (κ3) is 4.99. The molecule has 3 aliphatic heterocycles. The topological polar surface area (TPSA) is 87.2 Å². The number of ether oxygens (including phenoxy) is 1. The first kappa shape index (κ1) is 29.9. The molecule has 3 heterocycles. The van der Waals surface area contributed by atoms with Gasteiger partial charge in [0.15, 0.2) is 0 Å². The van der Waals surface area contributed by atoms with E-state index in [4.69, 9.17) is 4.74 Å². The molecule has 7 nitrogen and oxygen atoms in total. The molecule has 1 aromatic carbocycles. The number of likely N-dealkylation sites (tertiary alicyclic amines) is 1. The Labute approximate surface area is 244 Å². The number of anilines is 1. The highest BCUT2D eigenvalue weighted by Gasteiger charge is 2.76. The van der Waals surface area contributed by atoms with Crippen LogP contribution in [0.3, 0.4) is 0 Å². The van der Waals surface area contributed by atoms with Gasteiger partial charge in [-0.05, 0) is 50.7 Å². The lowest BCUT2D eigenvalue weighted by atomic mass is 9.71. The summed E-state index contributed by atoms with van der Waals surface area (Å²) in [6.07, 6.45) is 5.94. The summed E-state index contributed by atoms with van der Waals surface area (Å²) in [4.78, 5) is 45.7. The molecule has 9 heteroatoms. The zero-order valence-electron chi connectivity index (χ0n) is 23.0. The molecule has 3 fully saturated rings. The summed E-state index contributed by atoms with van der Waals surface area (Å²) in [7, 11) is 0. The number of unbranched alkanes of at least 4 members (excludes halogenated alkanes) is 1. The van der Waals surface area contributed by atoms with E-state index in [-0.39, 0.29) is 47.6 Å². The van der Waals surface area contributed by atoms with Crippen LogP contribution in [0.15, 0.2) is 43.5 Å². The lowest BCUT2D eigenvalue weighted by Crippen LogP contribution is -2.58. The predicted octanol–water partition coefficient (Wildman–Crippen LogP) is 4.57. The summed E-state index contributed by atoms with van der Waals surface area (Å²) < 4.78 is 4.85. The number of hydrogen-bond acceptors (Lipinski definition) is 6. The SMILES string of the molecule is C=CCCCOC(=O)[C@H]1[C@@H]2SC3(CC2Br)C(C(=O)N(CC=C)c2c(C)cccc2C)N([C@@H](CC)CO)C(=O)[C@H]13. The summed E-state index contributed by atoms with van der Waals surface area (Å²) in [5.74, 6) is -2.18. The number of allylic oxidation sites excluding steroid dienone is 1. The average molecular weight is 620 g/mol. The Kier molecular flexibility index (Phi) is 9.33. The lowest BCUT2D eigenvalue weighted by Gasteiger charge is -2.40. The van der Waals surface area contributed by atoms with Crippen LogP contribution in [-0.2, 0) is 19.1 Å². The van der Waals surface area contributed by atoms with Crippen molar-refractivity contribution in [1.82, 2.24) is 4.90 Å². The second-order valence-corrected chi connectivity index (χ2v) is 13.4. The molecule has 0 aliphatic carbocycles. The molecule has 1 spiro atoms. The number of carbonyl (C=O) groups excluding carboxylic acids is 3. The van der Waals surface area contributed by atoms with Crippen LogP contribution in [0.2, 0.25) is 0 Å². The number of alkyl halides is 1. The molecule has 4 rings (SSSR count). The Balaban J connectivity index is 1.80. The minimum atomic E-state index is -0.834. The largest absolute Gasteiger partial charge is 0.465 e. The smallest absolute Gasteiger partial charge is 0.310 e. The average Bonchev–Trinajstić information content (AvgIpc) is 3.50. The van der Waals surface area contributed by atoms with Crippen LogP contribution < -0.4 is 4.90 Å². The monoisotopic (exact) mass is 618 g/mol. The number of carbonyl (C=O) groups is 3. The van der Waals surface area contributed by atoms with Gasteiger partial charge in [-0.2, -0.15) is 0 Å². The number of rotatable bonds is 12. The summed E-state index contributed by atoms with van der Waals surface area (Å²) in [6.45, 7) is 13.7. The molecule has 39 heavy (non-hydrogen) atoms. The van der Waals surface area contributed by atoms with E-state index < -0.39 is 28.7 Å². The summed E-state index contributed by atoms with van der Waals surface area (Å²) in [5.41, 5.74) is 2.71. The fourth-order valence-electron chi connectivity index (χ4n) is 6.72. The minimum Gasteiger partial charge on any atom is -0.465 e. The predicted molar refractivity (Wildman–Crippen MR) is 159 cm³/mol. The van der Waals surface area contributed by atoms with Crippen LogP contribution in [0.1, 0.15) is 43.7 Å². The summed E-state index contributed by atoms with van der Waals surface area (Å²) in [6, 6.07) is 4.52. The molecule has 7 atom stereocenters. The molecule has 0 radical (unpaired) electrons. The van der Waals surface area contributed by atoms with Gasteiger partial charge in [0.05, 0.1) is 35.8 Å². The number of fused-ring (bicyclic) bond motifs is 1. The first-order valence-corrected chi connectivity index (χ1v) is 15.5. The van der Waals surface area contributed by atoms with Gasteiger partial charge in [-0.25, -0.2) is 0 Å². The summed E-state index contributed by atoms with van der Waals surface area (Å²) >= 11 is 5.37. The molecule has 0 saturated carbocycles. The van der Waals surface area contributed by atoms with Crippen LogP contribution in [0.25, 0.3) is 0 Å². The van der Waals surface area contributed by atoms with E-state index in [1.54, 1.807) is 33.7 Å². The number of hydrogen-bond donors (Lipinski definition) is 1. The fourth-order valence-corrected chi connectivity index (χ4v) is 10.3. The first-order chi connectivity index (χ1) is 18.7. The number of halogens is 1. The van der Waals surface area contributed by atoms with E-state index >= 15 is 0 Å². The Morgan fingerprint density at radius 3 is 2.59 bits per heavy atom. The van der Waals surface area contributed by atoms with Gasteiger partial charge in [-0.1, -0.05) is 53.2 Å². The van der Waals surface area contributed by atoms with E-state index in [1.165, 1.54) is 0 Å². The zero-order chi connectivity index (χ0) is 28.5. The second-order valence-electron chi connectivity index (χ2n) is 10.7. The molecule has 3 aliphatic rings. The molecular weight excluding hydrogens is 580 g/mol. The lowest BCUT2D eigenvalue weighted by molar-refractivity contribution is -0.154. The zero-order valence-corrected chi connectivity index (χ0v) is 25.4. The van der Waals surface area contributed by atoms with E-state index in [0.717, 1.165) is 23.2 Å². The van der Waals surface area contributed by atoms with Crippen LogP contribution in [-0.4, -0.2) is 74.5 Å². The highest BCUT2D eigenvalue weighted by Crippen LogP contribution is 2.68. The van der Waals surface area contributed by atoms with Gasteiger partial charge in [0.1, 0.15) is 6.04 Å². The van der Waals surface area contributed by atoms with E-state index in [0.29, 0.717) is 19.3 Å². The number of aliphatic hydroxyl groups is 1. The van der Waals surface area contributed by atoms with Gasteiger partial charge in [-0.15, -0.1) is 24.9 Å². The number of thioether (sulfide) groups is 1. The van der Waals surface area contributed by atoms with Crippen molar-refractivity contribution in [1.29, 1.82) is 0 Å². The van der Waals surface area contributed by atoms with Crippen molar-refractivity contribution in [3.05, 3.63) is 54.6 Å². The first-order valence-electron chi connectivity index (χ1n) is 13.7. The number of aliphatic hydroxyl groups excluding tert-OH is 1. The number of amides is 2. The molecule has 3 unspecified atom stereocenters. The molecule has 1 aromatic rings. The Morgan fingerprint density at radius 2 is 2.00 bits per heavy atom. The standard InChI is InChI=1S/C30H39BrN2O5S/c1-6-9-10-15-38-29(37)22-23-27(35)33(20(8-3)17-34)26(30(23)16-21(31)25(22)39-30)28(36)32(14-7-2)24-18(4)12-11-13-19(24)5/h6-7,11-13,20-23,25-26,34H,1-2,8-10,14-17H2,3-5H3/t20-,21?,22+,23-,25+,26?,30?/m0/s1. The Bertz CT molecular complexity index is 1120. The number of benzene rings is 1. The van der Waals surface area contributed by atoms with Crippen molar-refractivity contribution >= 4 is 51.2 Å². The van der Waals surface area contributed by atoms with Crippen molar-refractivity contribution < 1.29 is 24.2 Å². The number of nitrogens with zero attached hydrogens (tertiary/aromatic N) is 2. The minimum absolute atomic E-state index is 0.0465. The number of para-hydroxylation sites is 1. The Hall–Kier alpha value is -2.10. The van der Waals surface area contributed by atoms with Gasteiger partial charge >= 0.3 is 5.97 Å². The molecular formula is C30H39BrN2O5S. The van der Waals surface area contributed by atoms with Crippen molar-refractivity contribution in [2.24, 2.45) is 11.8 Å². The highest BCUT2D eigenvalue weighted by molar-refractivity contribution is 9.09. The van der Waals surface area contributed by atoms with Gasteiger partial charge in [0, 0.05) is 22.3 Å². The maximum absolute atomic E-state index is 14.7. The van der Waals surface area contributed by atoms with E-state index in [2.05, 4.69) is 29.1 Å². The quantitative estimate of drug-likeness (QED) is 0.160. The number of esters is 1. The normalized spacial score (nSPS) is 29.7. The maximum atomic E-state index is 14.7. The van der Waals surface area contributed by atoms with E-state index in [1.807, 2.05) is 39.0 Å². The molecule has 1 N–H and O–H groups in total. The van der Waals surface area contributed by atoms with E-state index in [9.17, 15) is 19.5 Å². The molecule has 0 aromatic heterocycles. The highest BCUT2D eigenvalue weighted by atomic mass is 79.9. The van der Waals surface area contributed by atoms with Crippen LogP contribution in [0, 0.1) is 25.7 Å². The van der Waals surface area contributed by atoms with Crippen molar-refractivity contribution in [3.63, 3.8) is 0 Å². The van der Waals surface area contributed by atoms with Crippen LogP contribution >= 0.6 is 27.7 Å². The van der Waals surface area contributed by atoms with Crippen molar-refractivity contribution in [2.75, 3.05) is 24.7 Å². The number of aryl methyl sites for hydroxylation is 2. The molecule has 2 amide bonds. The van der Waals surface area contributed by atoms with Crippen molar-refractivity contribution in [3.8, 4) is 0 Å². The van der Waals surface area contributed by atoms with Crippen LogP contribution in [0.5, 0.6) is 0 Å². The molecule has 3 saturated heterocycles. The van der Waals surface area contributed by atoms with Crippen LogP contribution in [0.4, 0.5) is 5.69 Å². The second kappa shape index (κ2) is 12.2. The third-order valence-electron chi connectivity index (χ3n) is 8.39. The maximum Gasteiger partial charge on any atom is 0.310 e. The fraction of sp³-hybridized carbons (Fsp3) is 0.567. The third-order valence-corrected chi connectivity index (χ3v) is 11.6. The van der Waals surface area contributed by atoms with Gasteiger partial charge in [0.2, 0.25) is 5.91 Å². The molecule has 2 bridgehead atoms. The van der Waals surface area contributed by atoms with Gasteiger partial charge in [0.25, 0.3) is 5.91 Å². The summed E-state index contributed by atoms with van der Waals surface area (Å²) in [5, 5.41) is 10.1. The Morgan fingerprint density at radius 1 is 1.31 bits per heavy atom. The van der Waals surface area contributed by atoms with Crippen molar-refractivity contribution in [2.45, 2.75) is 73.4 Å².